The third-order valence-electron chi connectivity index (χ3n) is 6.28. The van der Waals surface area contributed by atoms with Gasteiger partial charge in [0.25, 0.3) is 5.56 Å². The van der Waals surface area contributed by atoms with Crippen molar-refractivity contribution in [2.24, 2.45) is 5.92 Å². The first-order valence-electron chi connectivity index (χ1n) is 10.4. The Bertz CT molecular complexity index is 1300. The number of para-hydroxylation sites is 2. The molecule has 1 aromatic carbocycles. The van der Waals surface area contributed by atoms with Gasteiger partial charge in [-0.3, -0.25) is 14.8 Å². The quantitative estimate of drug-likeness (QED) is 0.520. The second-order valence-corrected chi connectivity index (χ2v) is 8.25. The maximum absolute atomic E-state index is 12.9. The number of rotatable bonds is 2. The summed E-state index contributed by atoms with van der Waals surface area (Å²) in [6.45, 7) is 2.50. The molecule has 148 valence electrons. The zero-order valence-electron chi connectivity index (χ0n) is 16.5. The summed E-state index contributed by atoms with van der Waals surface area (Å²) >= 11 is 0. The van der Waals surface area contributed by atoms with E-state index in [1.807, 2.05) is 53.2 Å². The average molecular weight is 395 g/mol. The zero-order chi connectivity index (χ0) is 20.1. The highest BCUT2D eigenvalue weighted by Gasteiger charge is 2.35. The third kappa shape index (κ3) is 2.87. The molecule has 6 rings (SSSR count). The van der Waals surface area contributed by atoms with Crippen LogP contribution in [0.2, 0.25) is 0 Å². The molecule has 2 atom stereocenters. The SMILES string of the molecule is O=c1cc(-c2ccccn2)cc2n1C[C@H]1C[C@@H]2CN(c2cnc3ccccc3n2)C1. The van der Waals surface area contributed by atoms with Gasteiger partial charge in [-0.1, -0.05) is 18.2 Å². The van der Waals surface area contributed by atoms with Crippen molar-refractivity contribution in [1.82, 2.24) is 19.5 Å². The standard InChI is InChI=1S/C24H21N5O/c30-24-11-17(19-5-3-4-8-25-19)10-22-18-9-16(14-29(22)24)13-28(15-18)23-12-26-20-6-1-2-7-21(20)27-23/h1-8,10-12,16,18H,9,13-15H2/t16-,18+/m0/s1. The minimum absolute atomic E-state index is 0.0711. The molecular formula is C24H21N5O. The summed E-state index contributed by atoms with van der Waals surface area (Å²) in [5.74, 6) is 1.64. The molecule has 1 saturated heterocycles. The summed E-state index contributed by atoms with van der Waals surface area (Å²) < 4.78 is 1.97. The van der Waals surface area contributed by atoms with Gasteiger partial charge in [-0.2, -0.15) is 0 Å². The Morgan fingerprint density at radius 3 is 2.63 bits per heavy atom. The van der Waals surface area contributed by atoms with Crippen LogP contribution in [0.1, 0.15) is 18.0 Å². The van der Waals surface area contributed by atoms with Gasteiger partial charge in [0.05, 0.1) is 22.9 Å². The molecule has 0 unspecified atom stereocenters. The number of hydrogen-bond donors (Lipinski definition) is 0. The molecule has 0 spiro atoms. The van der Waals surface area contributed by atoms with Gasteiger partial charge in [-0.05, 0) is 42.7 Å². The number of fused-ring (bicyclic) bond motifs is 5. The van der Waals surface area contributed by atoms with Gasteiger partial charge in [0, 0.05) is 49.1 Å². The molecule has 2 aliphatic heterocycles. The van der Waals surface area contributed by atoms with Crippen molar-refractivity contribution in [3.05, 3.63) is 83.0 Å². The van der Waals surface area contributed by atoms with Crippen LogP contribution in [0.3, 0.4) is 0 Å². The van der Waals surface area contributed by atoms with Crippen molar-refractivity contribution >= 4 is 16.9 Å². The van der Waals surface area contributed by atoms with Gasteiger partial charge in [0.1, 0.15) is 5.82 Å². The Morgan fingerprint density at radius 1 is 0.900 bits per heavy atom. The topological polar surface area (TPSA) is 63.9 Å². The number of hydrogen-bond acceptors (Lipinski definition) is 5. The van der Waals surface area contributed by atoms with Crippen LogP contribution in [0.15, 0.2) is 71.8 Å². The first-order chi connectivity index (χ1) is 14.7. The lowest BCUT2D eigenvalue weighted by atomic mass is 9.82. The maximum atomic E-state index is 12.9. The van der Waals surface area contributed by atoms with Crippen LogP contribution >= 0.6 is 0 Å². The summed E-state index contributed by atoms with van der Waals surface area (Å²) in [6, 6.07) is 17.6. The molecule has 5 heterocycles. The Kier molecular flexibility index (Phi) is 3.91. The molecule has 2 bridgehead atoms. The van der Waals surface area contributed by atoms with Crippen molar-refractivity contribution in [1.29, 1.82) is 0 Å². The van der Waals surface area contributed by atoms with Crippen molar-refractivity contribution in [2.75, 3.05) is 18.0 Å². The third-order valence-corrected chi connectivity index (χ3v) is 6.28. The van der Waals surface area contributed by atoms with E-state index in [2.05, 4.69) is 20.9 Å². The lowest BCUT2D eigenvalue weighted by Gasteiger charge is -2.43. The molecule has 30 heavy (non-hydrogen) atoms. The number of pyridine rings is 2. The van der Waals surface area contributed by atoms with E-state index in [1.165, 1.54) is 0 Å². The molecule has 0 aliphatic carbocycles. The second kappa shape index (κ2) is 6.76. The van der Waals surface area contributed by atoms with Crippen LogP contribution in [0.4, 0.5) is 5.82 Å². The Labute approximate surface area is 173 Å². The normalized spacial score (nSPS) is 20.2. The van der Waals surface area contributed by atoms with Crippen LogP contribution in [-0.4, -0.2) is 32.6 Å². The minimum Gasteiger partial charge on any atom is -0.354 e. The summed E-state index contributed by atoms with van der Waals surface area (Å²) in [5, 5.41) is 0. The van der Waals surface area contributed by atoms with Gasteiger partial charge in [-0.25, -0.2) is 4.98 Å². The van der Waals surface area contributed by atoms with E-state index in [-0.39, 0.29) is 5.56 Å². The molecule has 0 N–H and O–H groups in total. The highest BCUT2D eigenvalue weighted by molar-refractivity contribution is 5.75. The second-order valence-electron chi connectivity index (χ2n) is 8.25. The molecule has 0 amide bonds. The van der Waals surface area contributed by atoms with Gasteiger partial charge in [-0.15, -0.1) is 0 Å². The van der Waals surface area contributed by atoms with Crippen molar-refractivity contribution in [2.45, 2.75) is 18.9 Å². The number of aromatic nitrogens is 4. The fraction of sp³-hybridized carbons (Fsp3) is 0.250. The first kappa shape index (κ1) is 17.3. The van der Waals surface area contributed by atoms with E-state index in [1.54, 1.807) is 12.3 Å². The van der Waals surface area contributed by atoms with E-state index < -0.39 is 0 Å². The van der Waals surface area contributed by atoms with E-state index >= 15 is 0 Å². The Hall–Kier alpha value is -3.54. The highest BCUT2D eigenvalue weighted by Crippen LogP contribution is 2.37. The number of anilines is 1. The molecule has 2 aliphatic rings. The molecule has 0 radical (unpaired) electrons. The van der Waals surface area contributed by atoms with Gasteiger partial charge < -0.3 is 9.47 Å². The van der Waals surface area contributed by atoms with Gasteiger partial charge in [0.15, 0.2) is 0 Å². The van der Waals surface area contributed by atoms with Crippen molar-refractivity contribution < 1.29 is 0 Å². The molecule has 6 nitrogen and oxygen atoms in total. The lowest BCUT2D eigenvalue weighted by molar-refractivity contribution is 0.281. The largest absolute Gasteiger partial charge is 0.354 e. The number of nitrogens with zero attached hydrogens (tertiary/aromatic N) is 5. The zero-order valence-corrected chi connectivity index (χ0v) is 16.5. The predicted molar refractivity (Wildman–Crippen MR) is 117 cm³/mol. The smallest absolute Gasteiger partial charge is 0.251 e. The Morgan fingerprint density at radius 2 is 1.77 bits per heavy atom. The number of piperidine rings is 1. The predicted octanol–water partition coefficient (Wildman–Crippen LogP) is 3.48. The van der Waals surface area contributed by atoms with E-state index in [0.717, 1.165) is 59.9 Å². The van der Waals surface area contributed by atoms with E-state index in [9.17, 15) is 4.79 Å². The fourth-order valence-corrected chi connectivity index (χ4v) is 4.93. The van der Waals surface area contributed by atoms with Gasteiger partial charge in [0.2, 0.25) is 0 Å². The molecule has 6 heteroatoms. The van der Waals surface area contributed by atoms with Gasteiger partial charge >= 0.3 is 0 Å². The number of benzene rings is 1. The maximum Gasteiger partial charge on any atom is 0.251 e. The Balaban J connectivity index is 1.38. The first-order valence-corrected chi connectivity index (χ1v) is 10.4. The van der Waals surface area contributed by atoms with E-state index in [0.29, 0.717) is 11.8 Å². The summed E-state index contributed by atoms with van der Waals surface area (Å²) in [4.78, 5) is 29.1. The highest BCUT2D eigenvalue weighted by atomic mass is 16.1. The lowest BCUT2D eigenvalue weighted by Crippen LogP contribution is -2.47. The molecular weight excluding hydrogens is 374 g/mol. The van der Waals surface area contributed by atoms with Crippen molar-refractivity contribution in [3.8, 4) is 11.3 Å². The summed E-state index contributed by atoms with van der Waals surface area (Å²) in [7, 11) is 0. The van der Waals surface area contributed by atoms with Crippen LogP contribution < -0.4 is 10.5 Å². The molecule has 0 saturated carbocycles. The van der Waals surface area contributed by atoms with Crippen molar-refractivity contribution in [3.63, 3.8) is 0 Å². The average Bonchev–Trinajstić information content (AvgIpc) is 2.80. The van der Waals surface area contributed by atoms with E-state index in [4.69, 9.17) is 4.98 Å². The molecule has 3 aromatic heterocycles. The van der Waals surface area contributed by atoms with Crippen LogP contribution in [0.25, 0.3) is 22.3 Å². The van der Waals surface area contributed by atoms with Crippen LogP contribution in [0.5, 0.6) is 0 Å². The minimum atomic E-state index is 0.0711. The summed E-state index contributed by atoms with van der Waals surface area (Å²) in [5.41, 5.74) is 4.75. The monoisotopic (exact) mass is 395 g/mol. The molecule has 4 aromatic rings. The molecule has 1 fully saturated rings. The fourth-order valence-electron chi connectivity index (χ4n) is 4.93. The van der Waals surface area contributed by atoms with Crippen LogP contribution in [-0.2, 0) is 6.54 Å². The summed E-state index contributed by atoms with van der Waals surface area (Å²) in [6.07, 6.45) is 4.74. The van der Waals surface area contributed by atoms with Crippen LogP contribution in [0, 0.1) is 5.92 Å².